The minimum absolute atomic E-state index is 0.249. The van der Waals surface area contributed by atoms with Crippen LogP contribution in [0, 0.1) is 0 Å². The quantitative estimate of drug-likeness (QED) is 0.560. The fourth-order valence-electron chi connectivity index (χ4n) is 2.63. The zero-order valence-electron chi connectivity index (χ0n) is 11.3. The average molecular weight is 296 g/mol. The Hall–Kier alpha value is -2.89. The van der Waals surface area contributed by atoms with E-state index in [0.717, 1.165) is 10.1 Å². The summed E-state index contributed by atoms with van der Waals surface area (Å²) in [6, 6.07) is 8.81. The highest BCUT2D eigenvalue weighted by Gasteiger charge is 2.18. The van der Waals surface area contributed by atoms with Crippen molar-refractivity contribution in [2.24, 2.45) is 0 Å². The summed E-state index contributed by atoms with van der Waals surface area (Å²) < 4.78 is 27.9. The molecule has 0 saturated carbocycles. The van der Waals surface area contributed by atoms with Gasteiger partial charge in [0.15, 0.2) is 0 Å². The summed E-state index contributed by atoms with van der Waals surface area (Å²) in [6.07, 6.45) is 6.40. The largest absolute Gasteiger partial charge is 0.320 e. The zero-order chi connectivity index (χ0) is 15.1. The molecule has 0 aliphatic carbocycles. The highest BCUT2D eigenvalue weighted by molar-refractivity contribution is 6.06. The molecule has 6 heteroatoms. The second-order valence-corrected chi connectivity index (χ2v) is 4.85. The molecule has 0 aliphatic rings. The van der Waals surface area contributed by atoms with Crippen LogP contribution in [0.15, 0.2) is 55.1 Å². The summed E-state index contributed by atoms with van der Waals surface area (Å²) in [5.41, 5.74) is 2.07. The third kappa shape index (κ3) is 1.84. The maximum atomic E-state index is 13.5. The van der Waals surface area contributed by atoms with Gasteiger partial charge in [-0.3, -0.25) is 14.5 Å². The van der Waals surface area contributed by atoms with Crippen molar-refractivity contribution in [3.05, 3.63) is 55.1 Å². The highest BCUT2D eigenvalue weighted by atomic mass is 19.3. The van der Waals surface area contributed by atoms with Gasteiger partial charge in [0, 0.05) is 41.1 Å². The third-order valence-electron chi connectivity index (χ3n) is 3.60. The molecule has 0 aromatic carbocycles. The molecule has 0 aliphatic heterocycles. The van der Waals surface area contributed by atoms with Crippen LogP contribution in [-0.2, 0) is 0 Å². The molecule has 0 radical (unpaired) electrons. The Bertz CT molecular complexity index is 964. The Morgan fingerprint density at radius 3 is 2.55 bits per heavy atom. The number of aromatic nitrogens is 4. The van der Waals surface area contributed by atoms with E-state index in [1.54, 1.807) is 36.8 Å². The molecule has 22 heavy (non-hydrogen) atoms. The predicted molar refractivity (Wildman–Crippen MR) is 79.5 cm³/mol. The van der Waals surface area contributed by atoms with E-state index in [9.17, 15) is 8.78 Å². The van der Waals surface area contributed by atoms with Crippen molar-refractivity contribution in [2.45, 2.75) is 6.55 Å². The first kappa shape index (κ1) is 12.8. The second kappa shape index (κ2) is 4.84. The molecule has 0 saturated heterocycles. The van der Waals surface area contributed by atoms with Crippen molar-refractivity contribution in [3.63, 3.8) is 0 Å². The van der Waals surface area contributed by atoms with Crippen LogP contribution in [0.5, 0.6) is 0 Å². The Kier molecular flexibility index (Phi) is 2.82. The van der Waals surface area contributed by atoms with E-state index < -0.39 is 6.55 Å². The SMILES string of the molecule is FC(F)n1c2ccncc2c2ccc(-c3cccnc3)nc21. The molecule has 108 valence electrons. The number of halogens is 2. The first-order chi connectivity index (χ1) is 10.8. The molecule has 0 bridgehead atoms. The van der Waals surface area contributed by atoms with Crippen LogP contribution in [0.2, 0.25) is 0 Å². The van der Waals surface area contributed by atoms with Crippen molar-refractivity contribution in [3.8, 4) is 11.3 Å². The molecular weight excluding hydrogens is 286 g/mol. The van der Waals surface area contributed by atoms with Crippen LogP contribution in [-0.4, -0.2) is 19.5 Å². The summed E-state index contributed by atoms with van der Waals surface area (Å²) in [5.74, 6) is 0. The molecule has 0 fully saturated rings. The van der Waals surface area contributed by atoms with Crippen LogP contribution in [0.1, 0.15) is 6.55 Å². The van der Waals surface area contributed by atoms with Gasteiger partial charge in [-0.05, 0) is 30.3 Å². The summed E-state index contributed by atoms with van der Waals surface area (Å²) in [5, 5.41) is 1.33. The van der Waals surface area contributed by atoms with Gasteiger partial charge >= 0.3 is 6.55 Å². The molecule has 0 spiro atoms. The van der Waals surface area contributed by atoms with Gasteiger partial charge in [0.05, 0.1) is 11.2 Å². The lowest BCUT2D eigenvalue weighted by Gasteiger charge is -2.05. The maximum absolute atomic E-state index is 13.5. The maximum Gasteiger partial charge on any atom is 0.320 e. The number of hydrogen-bond acceptors (Lipinski definition) is 3. The van der Waals surface area contributed by atoms with Crippen LogP contribution in [0.3, 0.4) is 0 Å². The van der Waals surface area contributed by atoms with E-state index in [2.05, 4.69) is 15.0 Å². The van der Waals surface area contributed by atoms with Crippen molar-refractivity contribution in [1.29, 1.82) is 0 Å². The smallest absolute Gasteiger partial charge is 0.268 e. The van der Waals surface area contributed by atoms with Crippen molar-refractivity contribution in [2.75, 3.05) is 0 Å². The molecule has 4 aromatic rings. The normalized spacial score (nSPS) is 11.6. The Balaban J connectivity index is 2.07. The van der Waals surface area contributed by atoms with Crippen molar-refractivity contribution in [1.82, 2.24) is 19.5 Å². The van der Waals surface area contributed by atoms with Gasteiger partial charge in [0.2, 0.25) is 0 Å². The van der Waals surface area contributed by atoms with Crippen molar-refractivity contribution >= 4 is 21.9 Å². The predicted octanol–water partition coefficient (Wildman–Crippen LogP) is 4.04. The Morgan fingerprint density at radius 2 is 1.77 bits per heavy atom. The molecule has 0 N–H and O–H groups in total. The first-order valence-corrected chi connectivity index (χ1v) is 6.69. The van der Waals surface area contributed by atoms with Crippen molar-refractivity contribution < 1.29 is 8.78 Å². The highest BCUT2D eigenvalue weighted by Crippen LogP contribution is 2.32. The molecule has 4 nitrogen and oxygen atoms in total. The molecule has 0 atom stereocenters. The van der Waals surface area contributed by atoms with E-state index in [4.69, 9.17) is 0 Å². The van der Waals surface area contributed by atoms with Gasteiger partial charge in [0.1, 0.15) is 5.65 Å². The molecule has 4 rings (SSSR count). The van der Waals surface area contributed by atoms with Gasteiger partial charge in [-0.1, -0.05) is 0 Å². The Morgan fingerprint density at radius 1 is 0.909 bits per heavy atom. The molecule has 0 unspecified atom stereocenters. The number of alkyl halides is 2. The average Bonchev–Trinajstić information content (AvgIpc) is 2.89. The van der Waals surface area contributed by atoms with E-state index in [1.807, 2.05) is 12.1 Å². The number of rotatable bonds is 2. The van der Waals surface area contributed by atoms with E-state index in [1.165, 1.54) is 6.20 Å². The molecule has 4 heterocycles. The fourth-order valence-corrected chi connectivity index (χ4v) is 2.63. The minimum Gasteiger partial charge on any atom is -0.268 e. The van der Waals surface area contributed by atoms with E-state index >= 15 is 0 Å². The lowest BCUT2D eigenvalue weighted by Crippen LogP contribution is -1.99. The Labute approximate surface area is 124 Å². The molecular formula is C16H10F2N4. The van der Waals surface area contributed by atoms with E-state index in [-0.39, 0.29) is 5.65 Å². The number of nitrogens with zero attached hydrogens (tertiary/aromatic N) is 4. The number of hydrogen-bond donors (Lipinski definition) is 0. The second-order valence-electron chi connectivity index (χ2n) is 4.85. The van der Waals surface area contributed by atoms with Gasteiger partial charge < -0.3 is 0 Å². The molecule has 0 amide bonds. The summed E-state index contributed by atoms with van der Waals surface area (Å²) in [7, 11) is 0. The minimum atomic E-state index is -2.67. The van der Waals surface area contributed by atoms with Gasteiger partial charge in [-0.2, -0.15) is 8.78 Å². The molecule has 4 aromatic heterocycles. The van der Waals surface area contributed by atoms with Crippen LogP contribution < -0.4 is 0 Å². The summed E-state index contributed by atoms with van der Waals surface area (Å²) >= 11 is 0. The summed E-state index contributed by atoms with van der Waals surface area (Å²) in [4.78, 5) is 12.5. The monoisotopic (exact) mass is 296 g/mol. The lowest BCUT2D eigenvalue weighted by molar-refractivity contribution is 0.0791. The first-order valence-electron chi connectivity index (χ1n) is 6.69. The van der Waals surface area contributed by atoms with Crippen LogP contribution in [0.4, 0.5) is 8.78 Å². The summed E-state index contributed by atoms with van der Waals surface area (Å²) in [6.45, 7) is -2.67. The zero-order valence-corrected chi connectivity index (χ0v) is 11.3. The van der Waals surface area contributed by atoms with Gasteiger partial charge in [-0.25, -0.2) is 4.98 Å². The van der Waals surface area contributed by atoms with Gasteiger partial charge in [-0.15, -0.1) is 0 Å². The standard InChI is InChI=1S/C16H10F2N4/c17-16(18)22-14-5-7-20-9-12(14)11-3-4-13(21-15(11)22)10-2-1-6-19-8-10/h1-9,16H. The third-order valence-corrected chi connectivity index (χ3v) is 3.60. The number of fused-ring (bicyclic) bond motifs is 3. The fraction of sp³-hybridized carbons (Fsp3) is 0.0625. The lowest BCUT2D eigenvalue weighted by atomic mass is 10.1. The number of pyridine rings is 3. The topological polar surface area (TPSA) is 43.6 Å². The van der Waals surface area contributed by atoms with Crippen LogP contribution in [0.25, 0.3) is 33.2 Å². The van der Waals surface area contributed by atoms with Crippen LogP contribution >= 0.6 is 0 Å². The van der Waals surface area contributed by atoms with E-state index in [0.29, 0.717) is 22.0 Å². The van der Waals surface area contributed by atoms with Gasteiger partial charge in [0.25, 0.3) is 0 Å².